The fraction of sp³-hybridized carbons (Fsp3) is 0.688. The van der Waals surface area contributed by atoms with Crippen molar-refractivity contribution in [2.24, 2.45) is 5.92 Å². The Morgan fingerprint density at radius 2 is 1.78 bits per heavy atom. The first kappa shape index (κ1) is 22.4. The Morgan fingerprint density at radius 3 is 2.26 bits per heavy atom. The fourth-order valence-corrected chi connectivity index (χ4v) is 2.59. The standard InChI is InChI=1S/C16H26N4O7/c1-8(2)13(20-14(24)9-4-3-5-17-9)15(25)18-7-11(21)19-10(16(26)27)6-12(22)23/h8-10,13,17H,3-7H2,1-2H3,(H,18,25)(H,19,21)(H,20,24)(H,22,23)(H,26,27). The smallest absolute Gasteiger partial charge is 0.326 e. The molecule has 0 bridgehead atoms. The summed E-state index contributed by atoms with van der Waals surface area (Å²) in [7, 11) is 0. The van der Waals surface area contributed by atoms with E-state index in [0.717, 1.165) is 13.0 Å². The van der Waals surface area contributed by atoms with E-state index in [-0.39, 0.29) is 17.9 Å². The van der Waals surface area contributed by atoms with Crippen molar-refractivity contribution in [3.05, 3.63) is 0 Å². The average molecular weight is 386 g/mol. The highest BCUT2D eigenvalue weighted by atomic mass is 16.4. The molecule has 1 aliphatic heterocycles. The minimum Gasteiger partial charge on any atom is -0.481 e. The summed E-state index contributed by atoms with van der Waals surface area (Å²) in [4.78, 5) is 57.8. The number of hydrogen-bond acceptors (Lipinski definition) is 6. The van der Waals surface area contributed by atoms with Crippen LogP contribution in [0, 0.1) is 5.92 Å². The lowest BCUT2D eigenvalue weighted by Crippen LogP contribution is -2.55. The Labute approximate surface area is 156 Å². The highest BCUT2D eigenvalue weighted by molar-refractivity contribution is 5.93. The van der Waals surface area contributed by atoms with Crippen molar-refractivity contribution >= 4 is 29.7 Å². The van der Waals surface area contributed by atoms with Gasteiger partial charge in [0.15, 0.2) is 0 Å². The van der Waals surface area contributed by atoms with Crippen LogP contribution in [0.5, 0.6) is 0 Å². The minimum absolute atomic E-state index is 0.239. The maximum absolute atomic E-state index is 12.3. The molecule has 27 heavy (non-hydrogen) atoms. The summed E-state index contributed by atoms with van der Waals surface area (Å²) in [6, 6.07) is -2.81. The number of nitrogens with one attached hydrogen (secondary N) is 4. The van der Waals surface area contributed by atoms with Crippen molar-refractivity contribution in [2.75, 3.05) is 13.1 Å². The van der Waals surface area contributed by atoms with Crippen molar-refractivity contribution in [3.63, 3.8) is 0 Å². The Morgan fingerprint density at radius 1 is 1.11 bits per heavy atom. The second-order valence-electron chi connectivity index (χ2n) is 6.65. The molecular formula is C16H26N4O7. The number of rotatable bonds is 10. The van der Waals surface area contributed by atoms with E-state index in [1.165, 1.54) is 0 Å². The number of carboxylic acid groups (broad SMARTS) is 2. The van der Waals surface area contributed by atoms with Gasteiger partial charge in [-0.2, -0.15) is 0 Å². The van der Waals surface area contributed by atoms with Crippen molar-refractivity contribution in [2.45, 2.75) is 51.2 Å². The summed E-state index contributed by atoms with van der Waals surface area (Å²) in [5.41, 5.74) is 0. The third-order valence-corrected chi connectivity index (χ3v) is 4.06. The number of carbonyl (C=O) groups excluding carboxylic acids is 3. The van der Waals surface area contributed by atoms with Gasteiger partial charge in [-0.25, -0.2) is 4.79 Å². The third kappa shape index (κ3) is 7.60. The normalized spacial score (nSPS) is 18.4. The van der Waals surface area contributed by atoms with Gasteiger partial charge in [0.1, 0.15) is 12.1 Å². The maximum Gasteiger partial charge on any atom is 0.326 e. The molecule has 1 saturated heterocycles. The lowest BCUT2D eigenvalue weighted by Gasteiger charge is -2.23. The van der Waals surface area contributed by atoms with Gasteiger partial charge in [-0.3, -0.25) is 19.2 Å². The van der Waals surface area contributed by atoms with Gasteiger partial charge in [-0.05, 0) is 25.3 Å². The summed E-state index contributed by atoms with van der Waals surface area (Å²) in [6.45, 7) is 3.67. The van der Waals surface area contributed by atoms with Gasteiger partial charge < -0.3 is 31.5 Å². The van der Waals surface area contributed by atoms with Crippen LogP contribution in [0.1, 0.15) is 33.1 Å². The second kappa shape index (κ2) is 10.5. The molecule has 11 heteroatoms. The first-order valence-electron chi connectivity index (χ1n) is 8.67. The zero-order chi connectivity index (χ0) is 20.6. The molecular weight excluding hydrogens is 360 g/mol. The number of carboxylic acids is 2. The Bertz CT molecular complexity index is 587. The molecule has 3 unspecified atom stereocenters. The Kier molecular flexibility index (Phi) is 8.66. The number of hydrogen-bond donors (Lipinski definition) is 6. The topological polar surface area (TPSA) is 174 Å². The van der Waals surface area contributed by atoms with Gasteiger partial charge >= 0.3 is 11.9 Å². The Balaban J connectivity index is 2.55. The monoisotopic (exact) mass is 386 g/mol. The summed E-state index contributed by atoms with van der Waals surface area (Å²) >= 11 is 0. The van der Waals surface area contributed by atoms with Gasteiger partial charge in [0.2, 0.25) is 17.7 Å². The van der Waals surface area contributed by atoms with E-state index >= 15 is 0 Å². The van der Waals surface area contributed by atoms with Crippen molar-refractivity contribution in [1.29, 1.82) is 0 Å². The zero-order valence-electron chi connectivity index (χ0n) is 15.3. The Hall–Kier alpha value is -2.69. The van der Waals surface area contributed by atoms with Gasteiger partial charge in [-0.1, -0.05) is 13.8 Å². The predicted molar refractivity (Wildman–Crippen MR) is 92.6 cm³/mol. The van der Waals surface area contributed by atoms with Crippen LogP contribution in [0.15, 0.2) is 0 Å². The summed E-state index contributed by atoms with van der Waals surface area (Å²) in [5, 5.41) is 27.6. The lowest BCUT2D eigenvalue weighted by atomic mass is 10.0. The van der Waals surface area contributed by atoms with Crippen LogP contribution >= 0.6 is 0 Å². The molecule has 0 spiro atoms. The van der Waals surface area contributed by atoms with Crippen LogP contribution in [0.3, 0.4) is 0 Å². The molecule has 0 aliphatic carbocycles. The molecule has 0 saturated carbocycles. The molecule has 152 valence electrons. The molecule has 6 N–H and O–H groups in total. The van der Waals surface area contributed by atoms with Crippen LogP contribution in [0.4, 0.5) is 0 Å². The van der Waals surface area contributed by atoms with Crippen LogP contribution in [0.2, 0.25) is 0 Å². The van der Waals surface area contributed by atoms with Crippen molar-refractivity contribution < 1.29 is 34.2 Å². The third-order valence-electron chi connectivity index (χ3n) is 4.06. The molecule has 0 aromatic rings. The molecule has 0 radical (unpaired) electrons. The SMILES string of the molecule is CC(C)C(NC(=O)C1CCCN1)C(=O)NCC(=O)NC(CC(=O)O)C(=O)O. The van der Waals surface area contributed by atoms with Crippen LogP contribution in [-0.4, -0.2) is 71.1 Å². The highest BCUT2D eigenvalue weighted by Gasteiger charge is 2.29. The molecule has 0 aromatic heterocycles. The molecule has 1 aliphatic rings. The van der Waals surface area contributed by atoms with Crippen LogP contribution < -0.4 is 21.3 Å². The first-order valence-corrected chi connectivity index (χ1v) is 8.67. The van der Waals surface area contributed by atoms with E-state index in [0.29, 0.717) is 6.42 Å². The maximum atomic E-state index is 12.3. The van der Waals surface area contributed by atoms with Gasteiger partial charge in [-0.15, -0.1) is 0 Å². The van der Waals surface area contributed by atoms with E-state index < -0.39 is 48.8 Å². The van der Waals surface area contributed by atoms with Gasteiger partial charge in [0.25, 0.3) is 0 Å². The number of carbonyl (C=O) groups is 5. The average Bonchev–Trinajstić information content (AvgIpc) is 3.10. The number of aliphatic carboxylic acids is 2. The fourth-order valence-electron chi connectivity index (χ4n) is 2.59. The highest BCUT2D eigenvalue weighted by Crippen LogP contribution is 2.07. The zero-order valence-corrected chi connectivity index (χ0v) is 15.3. The molecule has 0 aromatic carbocycles. The summed E-state index contributed by atoms with van der Waals surface area (Å²) in [6.07, 6.45) is 0.771. The molecule has 1 fully saturated rings. The van der Waals surface area contributed by atoms with Crippen LogP contribution in [-0.2, 0) is 24.0 Å². The second-order valence-corrected chi connectivity index (χ2v) is 6.65. The molecule has 3 amide bonds. The molecule has 11 nitrogen and oxygen atoms in total. The predicted octanol–water partition coefficient (Wildman–Crippen LogP) is -1.96. The minimum atomic E-state index is -1.60. The van der Waals surface area contributed by atoms with Gasteiger partial charge in [0, 0.05) is 0 Å². The molecule has 1 heterocycles. The van der Waals surface area contributed by atoms with Crippen LogP contribution in [0.25, 0.3) is 0 Å². The largest absolute Gasteiger partial charge is 0.481 e. The summed E-state index contributed by atoms with van der Waals surface area (Å²) in [5.74, 6) is -4.83. The quantitative estimate of drug-likeness (QED) is 0.251. The van der Waals surface area contributed by atoms with Gasteiger partial charge in [0.05, 0.1) is 19.0 Å². The number of amides is 3. The molecule has 3 atom stereocenters. The van der Waals surface area contributed by atoms with Crippen molar-refractivity contribution in [3.8, 4) is 0 Å². The van der Waals surface area contributed by atoms with E-state index in [1.807, 2.05) is 5.32 Å². The molecule has 1 rings (SSSR count). The van der Waals surface area contributed by atoms with E-state index in [4.69, 9.17) is 10.2 Å². The summed E-state index contributed by atoms with van der Waals surface area (Å²) < 4.78 is 0. The lowest BCUT2D eigenvalue weighted by molar-refractivity contribution is -0.147. The van der Waals surface area contributed by atoms with E-state index in [2.05, 4.69) is 16.0 Å². The van der Waals surface area contributed by atoms with E-state index in [1.54, 1.807) is 13.8 Å². The first-order chi connectivity index (χ1) is 12.6. The van der Waals surface area contributed by atoms with E-state index in [9.17, 15) is 24.0 Å². The van der Waals surface area contributed by atoms with Crippen molar-refractivity contribution in [1.82, 2.24) is 21.3 Å².